The Morgan fingerprint density at radius 3 is 1.71 bits per heavy atom. The fraction of sp³-hybridized carbons (Fsp3) is 0.0526. The van der Waals surface area contributed by atoms with Gasteiger partial charge in [-0.15, -0.1) is 5.11 Å². The van der Waals surface area contributed by atoms with Crippen molar-refractivity contribution < 1.29 is 5.11 Å². The van der Waals surface area contributed by atoms with Crippen LogP contribution in [0.5, 0.6) is 5.75 Å². The van der Waals surface area contributed by atoms with E-state index in [9.17, 15) is 5.11 Å². The average Bonchev–Trinajstić information content (AvgIpc) is 2.63. The van der Waals surface area contributed by atoms with Crippen molar-refractivity contribution in [3.05, 3.63) is 78.4 Å². The Hall–Kier alpha value is -3.34. The molecule has 0 fully saturated rings. The lowest BCUT2D eigenvalue weighted by molar-refractivity contribution is 0.472. The van der Waals surface area contributed by atoms with E-state index in [1.165, 1.54) is 0 Å². The molecule has 0 atom stereocenters. The summed E-state index contributed by atoms with van der Waals surface area (Å²) < 4.78 is 0. The molecule has 0 aliphatic rings. The summed E-state index contributed by atoms with van der Waals surface area (Å²) in [4.78, 5) is 0. The van der Waals surface area contributed by atoms with Crippen molar-refractivity contribution in [3.63, 3.8) is 0 Å². The summed E-state index contributed by atoms with van der Waals surface area (Å²) in [5.74, 6) is 0.0911. The fourth-order valence-corrected chi connectivity index (χ4v) is 2.09. The highest BCUT2D eigenvalue weighted by Crippen LogP contribution is 2.36. The fourth-order valence-electron chi connectivity index (χ4n) is 2.09. The maximum Gasteiger partial charge on any atom is 0.146 e. The van der Waals surface area contributed by atoms with Crippen molar-refractivity contribution >= 4 is 22.7 Å². The second-order valence-electron chi connectivity index (χ2n) is 5.20. The van der Waals surface area contributed by atoms with E-state index in [1.807, 2.05) is 60.7 Å². The highest BCUT2D eigenvalue weighted by atomic mass is 16.3. The Bertz CT molecular complexity index is 875. The van der Waals surface area contributed by atoms with E-state index in [2.05, 4.69) is 20.5 Å². The van der Waals surface area contributed by atoms with E-state index in [4.69, 9.17) is 0 Å². The third kappa shape index (κ3) is 3.89. The topological polar surface area (TPSA) is 69.7 Å². The molecule has 1 N–H and O–H groups in total. The number of aryl methyl sites for hydroxylation is 1. The van der Waals surface area contributed by atoms with E-state index in [1.54, 1.807) is 19.1 Å². The molecule has 0 aliphatic carbocycles. The molecule has 3 aromatic rings. The minimum absolute atomic E-state index is 0.0911. The van der Waals surface area contributed by atoms with Crippen LogP contribution in [0.3, 0.4) is 0 Å². The van der Waals surface area contributed by atoms with E-state index in [0.29, 0.717) is 22.6 Å². The molecular formula is C19H16N4O. The van der Waals surface area contributed by atoms with Gasteiger partial charge < -0.3 is 5.11 Å². The van der Waals surface area contributed by atoms with Gasteiger partial charge in [0.15, 0.2) is 0 Å². The van der Waals surface area contributed by atoms with Gasteiger partial charge in [-0.3, -0.25) is 0 Å². The Balaban J connectivity index is 1.89. The molecule has 0 saturated heterocycles. The molecule has 0 bridgehead atoms. The standard InChI is InChI=1S/C19H16N4O/c1-14-12-17(22-20-15-8-4-2-5-9-15)13-18(19(14)24)23-21-16-10-6-3-7-11-16/h2-13,24H,1H3. The number of phenolic OH excluding ortho intramolecular Hbond substituents is 1. The third-order valence-corrected chi connectivity index (χ3v) is 3.33. The predicted molar refractivity (Wildman–Crippen MR) is 94.1 cm³/mol. The van der Waals surface area contributed by atoms with Crippen molar-refractivity contribution in [1.29, 1.82) is 0 Å². The van der Waals surface area contributed by atoms with Crippen LogP contribution in [0.1, 0.15) is 5.56 Å². The van der Waals surface area contributed by atoms with Crippen LogP contribution >= 0.6 is 0 Å². The van der Waals surface area contributed by atoms with Gasteiger partial charge in [-0.2, -0.15) is 15.3 Å². The maximum absolute atomic E-state index is 10.2. The number of benzene rings is 3. The lowest BCUT2D eigenvalue weighted by Crippen LogP contribution is -1.76. The number of rotatable bonds is 4. The smallest absolute Gasteiger partial charge is 0.146 e. The van der Waals surface area contributed by atoms with Gasteiger partial charge in [-0.05, 0) is 48.9 Å². The quantitative estimate of drug-likeness (QED) is 0.546. The summed E-state index contributed by atoms with van der Waals surface area (Å²) in [5.41, 5.74) is 3.11. The first-order valence-electron chi connectivity index (χ1n) is 7.49. The van der Waals surface area contributed by atoms with Gasteiger partial charge in [0.1, 0.15) is 11.4 Å². The van der Waals surface area contributed by atoms with Crippen LogP contribution in [0.2, 0.25) is 0 Å². The highest BCUT2D eigenvalue weighted by Gasteiger charge is 2.06. The van der Waals surface area contributed by atoms with Gasteiger partial charge in [0.25, 0.3) is 0 Å². The summed E-state index contributed by atoms with van der Waals surface area (Å²) in [7, 11) is 0. The lowest BCUT2D eigenvalue weighted by Gasteiger charge is -2.03. The zero-order valence-electron chi connectivity index (χ0n) is 13.2. The van der Waals surface area contributed by atoms with Gasteiger partial charge >= 0.3 is 0 Å². The minimum atomic E-state index is 0.0911. The average molecular weight is 316 g/mol. The Kier molecular flexibility index (Phi) is 4.72. The molecule has 0 aliphatic heterocycles. The van der Waals surface area contributed by atoms with Crippen LogP contribution in [0.4, 0.5) is 22.7 Å². The molecule has 0 unspecified atom stereocenters. The second-order valence-corrected chi connectivity index (χ2v) is 5.20. The first kappa shape index (κ1) is 15.6. The molecule has 0 radical (unpaired) electrons. The van der Waals surface area contributed by atoms with E-state index < -0.39 is 0 Å². The molecule has 24 heavy (non-hydrogen) atoms. The van der Waals surface area contributed by atoms with Crippen LogP contribution < -0.4 is 0 Å². The molecule has 0 saturated carbocycles. The molecule has 3 rings (SSSR count). The highest BCUT2D eigenvalue weighted by molar-refractivity contribution is 5.62. The summed E-state index contributed by atoms with van der Waals surface area (Å²) in [5, 5.41) is 26.8. The molecule has 0 aromatic heterocycles. The molecule has 0 heterocycles. The summed E-state index contributed by atoms with van der Waals surface area (Å²) >= 11 is 0. The van der Waals surface area contributed by atoms with Crippen molar-refractivity contribution in [1.82, 2.24) is 0 Å². The first-order chi connectivity index (χ1) is 11.7. The Morgan fingerprint density at radius 2 is 1.12 bits per heavy atom. The van der Waals surface area contributed by atoms with Gasteiger partial charge in [0.05, 0.1) is 17.1 Å². The van der Waals surface area contributed by atoms with Crippen molar-refractivity contribution in [2.24, 2.45) is 20.5 Å². The SMILES string of the molecule is Cc1cc(N=Nc2ccccc2)cc(N=Nc2ccccc2)c1O. The number of aromatic hydroxyl groups is 1. The number of phenols is 1. The number of azo groups is 2. The molecular weight excluding hydrogens is 300 g/mol. The molecule has 0 amide bonds. The van der Waals surface area contributed by atoms with Crippen LogP contribution in [-0.2, 0) is 0 Å². The summed E-state index contributed by atoms with van der Waals surface area (Å²) in [6.45, 7) is 1.79. The molecule has 5 nitrogen and oxygen atoms in total. The van der Waals surface area contributed by atoms with Crippen molar-refractivity contribution in [2.75, 3.05) is 0 Å². The van der Waals surface area contributed by atoms with E-state index in [0.717, 1.165) is 5.69 Å². The summed E-state index contributed by atoms with van der Waals surface area (Å²) in [6, 6.07) is 22.2. The zero-order chi connectivity index (χ0) is 16.8. The third-order valence-electron chi connectivity index (χ3n) is 3.33. The van der Waals surface area contributed by atoms with Gasteiger partial charge in [-0.25, -0.2) is 0 Å². The number of hydrogen-bond donors (Lipinski definition) is 1. The Morgan fingerprint density at radius 1 is 0.625 bits per heavy atom. The zero-order valence-corrected chi connectivity index (χ0v) is 13.2. The van der Waals surface area contributed by atoms with E-state index in [-0.39, 0.29) is 5.75 Å². The van der Waals surface area contributed by atoms with Gasteiger partial charge in [0, 0.05) is 0 Å². The second kappa shape index (κ2) is 7.28. The summed E-state index contributed by atoms with van der Waals surface area (Å²) in [6.07, 6.45) is 0. The van der Waals surface area contributed by atoms with Crippen molar-refractivity contribution in [3.8, 4) is 5.75 Å². The van der Waals surface area contributed by atoms with Crippen LogP contribution in [0, 0.1) is 6.92 Å². The van der Waals surface area contributed by atoms with Crippen LogP contribution in [0.15, 0.2) is 93.3 Å². The first-order valence-corrected chi connectivity index (χ1v) is 7.49. The largest absolute Gasteiger partial charge is 0.505 e. The monoisotopic (exact) mass is 316 g/mol. The molecule has 118 valence electrons. The van der Waals surface area contributed by atoms with Gasteiger partial charge in [0.2, 0.25) is 0 Å². The molecule has 3 aromatic carbocycles. The lowest BCUT2D eigenvalue weighted by atomic mass is 10.2. The van der Waals surface area contributed by atoms with Crippen LogP contribution in [0.25, 0.3) is 0 Å². The van der Waals surface area contributed by atoms with Crippen LogP contribution in [-0.4, -0.2) is 5.11 Å². The minimum Gasteiger partial charge on any atom is -0.505 e. The normalized spacial score (nSPS) is 11.4. The predicted octanol–water partition coefficient (Wildman–Crippen LogP) is 6.53. The number of hydrogen-bond acceptors (Lipinski definition) is 5. The maximum atomic E-state index is 10.2. The Labute approximate surface area is 140 Å². The van der Waals surface area contributed by atoms with E-state index >= 15 is 0 Å². The molecule has 0 spiro atoms. The van der Waals surface area contributed by atoms with Crippen molar-refractivity contribution in [2.45, 2.75) is 6.92 Å². The number of nitrogens with zero attached hydrogens (tertiary/aromatic N) is 4. The molecule has 5 heteroatoms. The van der Waals surface area contributed by atoms with Gasteiger partial charge in [-0.1, -0.05) is 36.4 Å².